The van der Waals surface area contributed by atoms with Crippen LogP contribution >= 0.6 is 0 Å². The molecular formula is C24H22FN3O5. The molecule has 4 rings (SSSR count). The Bertz CT molecular complexity index is 1360. The number of benzene rings is 1. The molecular weight excluding hydrogens is 429 g/mol. The monoisotopic (exact) mass is 451 g/mol. The number of ether oxygens (including phenoxy) is 1. The second kappa shape index (κ2) is 8.85. The van der Waals surface area contributed by atoms with Gasteiger partial charge in [-0.05, 0) is 39.0 Å². The average molecular weight is 451 g/mol. The van der Waals surface area contributed by atoms with Gasteiger partial charge in [-0.2, -0.15) is 0 Å². The lowest BCUT2D eigenvalue weighted by molar-refractivity contribution is -0.133. The molecule has 0 radical (unpaired) electrons. The van der Waals surface area contributed by atoms with Crippen LogP contribution in [0.25, 0.3) is 22.4 Å². The molecule has 1 amide bonds. The highest BCUT2D eigenvalue weighted by Crippen LogP contribution is 2.30. The van der Waals surface area contributed by atoms with E-state index in [1.165, 1.54) is 18.0 Å². The summed E-state index contributed by atoms with van der Waals surface area (Å²) in [7, 11) is 1.51. The van der Waals surface area contributed by atoms with Gasteiger partial charge in [0.1, 0.15) is 17.3 Å². The standard InChI is InChI=1S/C24H22FN3O5/c1-13-9-17(15(3)32-13)20-10-18(22-14(2)27-33-23(22)26-20)24(30)31-12-21(29)28(4)11-16-7-5-6-8-19(16)25/h5-10H,11-12H2,1-4H3. The lowest BCUT2D eigenvalue weighted by Gasteiger charge is -2.17. The van der Waals surface area contributed by atoms with E-state index in [1.807, 2.05) is 13.0 Å². The van der Waals surface area contributed by atoms with Gasteiger partial charge < -0.3 is 18.6 Å². The second-order valence-electron chi connectivity index (χ2n) is 7.75. The van der Waals surface area contributed by atoms with Crippen LogP contribution in [0.3, 0.4) is 0 Å². The van der Waals surface area contributed by atoms with Crippen LogP contribution in [0, 0.1) is 26.6 Å². The highest BCUT2D eigenvalue weighted by molar-refractivity contribution is 6.04. The summed E-state index contributed by atoms with van der Waals surface area (Å²) in [6.45, 7) is 4.84. The molecule has 0 fully saturated rings. The Labute approximate surface area is 188 Å². The van der Waals surface area contributed by atoms with E-state index in [-0.39, 0.29) is 17.8 Å². The summed E-state index contributed by atoms with van der Waals surface area (Å²) in [6, 6.07) is 9.56. The van der Waals surface area contributed by atoms with Crippen LogP contribution in [0.15, 0.2) is 45.3 Å². The van der Waals surface area contributed by atoms with E-state index >= 15 is 0 Å². The lowest BCUT2D eigenvalue weighted by Crippen LogP contribution is -2.31. The predicted molar refractivity (Wildman–Crippen MR) is 117 cm³/mol. The first kappa shape index (κ1) is 22.2. The van der Waals surface area contributed by atoms with Crippen molar-refractivity contribution in [3.8, 4) is 11.3 Å². The fourth-order valence-electron chi connectivity index (χ4n) is 3.56. The van der Waals surface area contributed by atoms with Gasteiger partial charge in [-0.3, -0.25) is 4.79 Å². The third-order valence-corrected chi connectivity index (χ3v) is 5.27. The Balaban J connectivity index is 1.55. The summed E-state index contributed by atoms with van der Waals surface area (Å²) in [4.78, 5) is 31.2. The van der Waals surface area contributed by atoms with Crippen LogP contribution in [0.5, 0.6) is 0 Å². The van der Waals surface area contributed by atoms with Crippen LogP contribution in [0.2, 0.25) is 0 Å². The van der Waals surface area contributed by atoms with Crippen molar-refractivity contribution in [1.82, 2.24) is 15.0 Å². The number of nitrogens with zero attached hydrogens (tertiary/aromatic N) is 3. The molecule has 170 valence electrons. The number of pyridine rings is 1. The second-order valence-corrected chi connectivity index (χ2v) is 7.75. The summed E-state index contributed by atoms with van der Waals surface area (Å²) in [6.07, 6.45) is 0. The van der Waals surface area contributed by atoms with Crippen LogP contribution in [0.1, 0.15) is 33.1 Å². The van der Waals surface area contributed by atoms with Gasteiger partial charge in [0.05, 0.1) is 22.3 Å². The van der Waals surface area contributed by atoms with Gasteiger partial charge in [0.25, 0.3) is 11.6 Å². The molecule has 8 nitrogen and oxygen atoms in total. The van der Waals surface area contributed by atoms with Crippen molar-refractivity contribution in [2.45, 2.75) is 27.3 Å². The molecule has 0 atom stereocenters. The van der Waals surface area contributed by atoms with Crippen LogP contribution in [-0.2, 0) is 16.1 Å². The van der Waals surface area contributed by atoms with Gasteiger partial charge in [-0.1, -0.05) is 23.4 Å². The average Bonchev–Trinajstić information content (AvgIpc) is 3.33. The third kappa shape index (κ3) is 4.48. The summed E-state index contributed by atoms with van der Waals surface area (Å²) in [5.74, 6) is -0.264. The van der Waals surface area contributed by atoms with Crippen molar-refractivity contribution in [2.24, 2.45) is 0 Å². The number of aromatic nitrogens is 2. The molecule has 0 saturated heterocycles. The number of fused-ring (bicyclic) bond motifs is 1. The number of esters is 1. The van der Waals surface area contributed by atoms with Crippen molar-refractivity contribution in [1.29, 1.82) is 0 Å². The number of carbonyl (C=O) groups excluding carboxylic acids is 2. The molecule has 33 heavy (non-hydrogen) atoms. The van der Waals surface area contributed by atoms with Crippen molar-refractivity contribution in [3.05, 3.63) is 70.6 Å². The smallest absolute Gasteiger partial charge is 0.339 e. The third-order valence-electron chi connectivity index (χ3n) is 5.27. The van der Waals surface area contributed by atoms with Crippen LogP contribution < -0.4 is 0 Å². The molecule has 3 aromatic heterocycles. The van der Waals surface area contributed by atoms with E-state index in [0.29, 0.717) is 39.4 Å². The molecule has 0 saturated carbocycles. The van der Waals surface area contributed by atoms with Gasteiger partial charge in [0.2, 0.25) is 0 Å². The minimum atomic E-state index is -0.722. The van der Waals surface area contributed by atoms with Gasteiger partial charge in [-0.25, -0.2) is 14.2 Å². The summed E-state index contributed by atoms with van der Waals surface area (Å²) in [5.41, 5.74) is 2.36. The van der Waals surface area contributed by atoms with E-state index < -0.39 is 24.3 Å². The normalized spacial score (nSPS) is 11.1. The Kier molecular flexibility index (Phi) is 5.95. The van der Waals surface area contributed by atoms with Crippen LogP contribution in [0.4, 0.5) is 4.39 Å². The number of hydrogen-bond donors (Lipinski definition) is 0. The van der Waals surface area contributed by atoms with Gasteiger partial charge in [0, 0.05) is 24.7 Å². The molecule has 3 heterocycles. The maximum atomic E-state index is 13.9. The van der Waals surface area contributed by atoms with E-state index in [9.17, 15) is 14.0 Å². The Morgan fingerprint density at radius 1 is 1.15 bits per heavy atom. The molecule has 9 heteroatoms. The Hall–Kier alpha value is -4.01. The number of rotatable bonds is 6. The summed E-state index contributed by atoms with van der Waals surface area (Å²) >= 11 is 0. The zero-order valence-electron chi connectivity index (χ0n) is 18.6. The number of likely N-dealkylation sites (N-methyl/N-ethyl adjacent to an activating group) is 1. The maximum Gasteiger partial charge on any atom is 0.339 e. The molecule has 0 aliphatic carbocycles. The number of hydrogen-bond acceptors (Lipinski definition) is 7. The largest absolute Gasteiger partial charge is 0.466 e. The molecule has 0 bridgehead atoms. The molecule has 0 spiro atoms. The minimum Gasteiger partial charge on any atom is -0.466 e. The van der Waals surface area contributed by atoms with E-state index in [1.54, 1.807) is 38.1 Å². The van der Waals surface area contributed by atoms with Crippen molar-refractivity contribution in [3.63, 3.8) is 0 Å². The number of carbonyl (C=O) groups is 2. The summed E-state index contributed by atoms with van der Waals surface area (Å²) in [5, 5.41) is 4.31. The zero-order chi connectivity index (χ0) is 23.7. The Morgan fingerprint density at radius 2 is 1.91 bits per heavy atom. The fourth-order valence-corrected chi connectivity index (χ4v) is 3.56. The van der Waals surface area contributed by atoms with E-state index in [2.05, 4.69) is 10.1 Å². The number of aryl methyl sites for hydroxylation is 3. The topological polar surface area (TPSA) is 98.7 Å². The number of halogens is 1. The first-order valence-corrected chi connectivity index (χ1v) is 10.2. The maximum absolute atomic E-state index is 13.9. The molecule has 0 aliphatic rings. The van der Waals surface area contributed by atoms with Gasteiger partial charge >= 0.3 is 5.97 Å². The highest BCUT2D eigenvalue weighted by atomic mass is 19.1. The quantitative estimate of drug-likeness (QED) is 0.402. The molecule has 1 aromatic carbocycles. The highest BCUT2D eigenvalue weighted by Gasteiger charge is 2.23. The number of amides is 1. The predicted octanol–water partition coefficient (Wildman–Crippen LogP) is 4.36. The van der Waals surface area contributed by atoms with Crippen molar-refractivity contribution in [2.75, 3.05) is 13.7 Å². The van der Waals surface area contributed by atoms with E-state index in [0.717, 1.165) is 0 Å². The van der Waals surface area contributed by atoms with Gasteiger partial charge in [0.15, 0.2) is 6.61 Å². The minimum absolute atomic E-state index is 0.0522. The van der Waals surface area contributed by atoms with Gasteiger partial charge in [-0.15, -0.1) is 0 Å². The van der Waals surface area contributed by atoms with Crippen molar-refractivity contribution < 1.29 is 27.7 Å². The molecule has 0 unspecified atom stereocenters. The molecule has 0 aliphatic heterocycles. The molecule has 4 aromatic rings. The number of furan rings is 1. The lowest BCUT2D eigenvalue weighted by atomic mass is 10.1. The molecule has 0 N–H and O–H groups in total. The summed E-state index contributed by atoms with van der Waals surface area (Å²) < 4.78 is 30.0. The first-order chi connectivity index (χ1) is 15.7. The fraction of sp³-hybridized carbons (Fsp3) is 0.250. The SMILES string of the molecule is Cc1cc(-c2cc(C(=O)OCC(=O)N(C)Cc3ccccc3F)c3c(C)noc3n2)c(C)o1. The Morgan fingerprint density at radius 3 is 2.61 bits per heavy atom. The van der Waals surface area contributed by atoms with Crippen LogP contribution in [-0.4, -0.2) is 40.6 Å². The zero-order valence-corrected chi connectivity index (χ0v) is 18.6. The van der Waals surface area contributed by atoms with E-state index in [4.69, 9.17) is 13.7 Å². The van der Waals surface area contributed by atoms with Crippen molar-refractivity contribution >= 4 is 23.0 Å². The first-order valence-electron chi connectivity index (χ1n) is 10.2.